The molecule has 0 spiro atoms. The minimum atomic E-state index is -1.31. The number of nitrogens with one attached hydrogen (secondary N) is 1. The molecule has 0 saturated heterocycles. The maximum atomic E-state index is 12.2. The highest BCUT2D eigenvalue weighted by atomic mass is 16.6. The van der Waals surface area contributed by atoms with Crippen LogP contribution < -0.4 is 20.7 Å². The zero-order valence-corrected chi connectivity index (χ0v) is 14.7. The van der Waals surface area contributed by atoms with Crippen LogP contribution in [0.5, 0.6) is 11.5 Å². The number of hydrogen-bond acceptors (Lipinski definition) is 9. The Morgan fingerprint density at radius 2 is 1.82 bits per heavy atom. The van der Waals surface area contributed by atoms with E-state index in [1.54, 1.807) is 16.7 Å². The van der Waals surface area contributed by atoms with Crippen LogP contribution in [0.1, 0.15) is 6.42 Å². The molecule has 4 N–H and O–H groups in total. The third-order valence-electron chi connectivity index (χ3n) is 4.55. The number of hydrogen-bond donors (Lipinski definition) is 4. The number of aryl methyl sites for hydroxylation is 1. The average molecular weight is 390 g/mol. The second kappa shape index (κ2) is 7.19. The van der Waals surface area contributed by atoms with Gasteiger partial charge < -0.3 is 29.4 Å². The first kappa shape index (κ1) is 18.3. The van der Waals surface area contributed by atoms with Gasteiger partial charge in [-0.25, -0.2) is 9.78 Å². The molecule has 0 radical (unpaired) electrons. The van der Waals surface area contributed by atoms with Crippen molar-refractivity contribution >= 4 is 11.0 Å². The van der Waals surface area contributed by atoms with Crippen molar-refractivity contribution in [3.05, 3.63) is 33.0 Å². The fourth-order valence-electron chi connectivity index (χ4n) is 3.13. The van der Waals surface area contributed by atoms with Gasteiger partial charge in [-0.15, -0.1) is 0 Å². The van der Waals surface area contributed by atoms with Gasteiger partial charge in [-0.05, 0) is 6.42 Å². The Hall–Kier alpha value is -3.02. The standard InChI is InChI=1S/C17H18N4O7/c22-7-11(24)10(23)1-2-21-9-6-13-12(27-3-4-28-13)5-8(9)18-14-15(21)19-17(26)20-16(14)25/h5-6,10-11,22-24H,1-4,7H2,(H,20,25,26). The summed E-state index contributed by atoms with van der Waals surface area (Å²) in [6.07, 6.45) is -2.48. The second-order valence-electron chi connectivity index (χ2n) is 6.40. The molecule has 0 aliphatic carbocycles. The summed E-state index contributed by atoms with van der Waals surface area (Å²) in [7, 11) is 0. The van der Waals surface area contributed by atoms with Crippen molar-refractivity contribution in [3.8, 4) is 23.0 Å². The summed E-state index contributed by atoms with van der Waals surface area (Å²) in [5, 5.41) is 28.6. The molecule has 11 heteroatoms. The molecule has 148 valence electrons. The van der Waals surface area contributed by atoms with Crippen LogP contribution >= 0.6 is 0 Å². The number of fused-ring (bicyclic) bond motifs is 3. The molecular formula is C17H18N4O7. The van der Waals surface area contributed by atoms with E-state index >= 15 is 0 Å². The van der Waals surface area contributed by atoms with Gasteiger partial charge in [-0.1, -0.05) is 0 Å². The predicted molar refractivity (Wildman–Crippen MR) is 95.7 cm³/mol. The number of benzene rings is 1. The van der Waals surface area contributed by atoms with Crippen molar-refractivity contribution in [2.24, 2.45) is 0 Å². The smallest absolute Gasteiger partial charge is 0.349 e. The molecule has 0 fully saturated rings. The van der Waals surface area contributed by atoms with Gasteiger partial charge in [0, 0.05) is 18.7 Å². The fourth-order valence-corrected chi connectivity index (χ4v) is 3.13. The van der Waals surface area contributed by atoms with Crippen LogP contribution in [0, 0.1) is 0 Å². The normalized spacial score (nSPS) is 15.7. The topological polar surface area (TPSA) is 160 Å². The van der Waals surface area contributed by atoms with Gasteiger partial charge in [0.2, 0.25) is 0 Å². The van der Waals surface area contributed by atoms with E-state index in [1.807, 2.05) is 0 Å². The number of nitrogens with zero attached hydrogens (tertiary/aromatic N) is 3. The Morgan fingerprint density at radius 1 is 1.11 bits per heavy atom. The summed E-state index contributed by atoms with van der Waals surface area (Å²) in [6, 6.07) is 3.29. The molecule has 0 bridgehead atoms. The van der Waals surface area contributed by atoms with Crippen LogP contribution in [0.25, 0.3) is 22.6 Å². The highest BCUT2D eigenvalue weighted by molar-refractivity contribution is 5.83. The van der Waals surface area contributed by atoms with Crippen molar-refractivity contribution in [2.45, 2.75) is 25.2 Å². The van der Waals surface area contributed by atoms with Crippen molar-refractivity contribution in [1.82, 2.24) is 19.5 Å². The minimum absolute atomic E-state index is 0.0394. The summed E-state index contributed by atoms with van der Waals surface area (Å²) >= 11 is 0. The van der Waals surface area contributed by atoms with Gasteiger partial charge in [0.15, 0.2) is 23.0 Å². The van der Waals surface area contributed by atoms with Crippen molar-refractivity contribution < 1.29 is 24.8 Å². The maximum Gasteiger partial charge on any atom is 0.349 e. The van der Waals surface area contributed by atoms with Gasteiger partial charge >= 0.3 is 5.69 Å². The van der Waals surface area contributed by atoms with E-state index in [-0.39, 0.29) is 24.5 Å². The molecule has 0 aromatic heterocycles. The first-order valence-corrected chi connectivity index (χ1v) is 8.69. The molecule has 4 rings (SSSR count). The van der Waals surface area contributed by atoms with Gasteiger partial charge in [-0.2, -0.15) is 4.98 Å². The number of aromatic amines is 1. The first-order valence-electron chi connectivity index (χ1n) is 8.69. The molecule has 3 aliphatic heterocycles. The van der Waals surface area contributed by atoms with E-state index in [2.05, 4.69) is 15.0 Å². The Labute approximate surface area is 157 Å². The van der Waals surface area contributed by atoms with E-state index in [0.717, 1.165) is 0 Å². The number of rotatable bonds is 5. The number of H-pyrrole nitrogens is 1. The minimum Gasteiger partial charge on any atom is -0.486 e. The first-order chi connectivity index (χ1) is 13.5. The lowest BCUT2D eigenvalue weighted by Crippen LogP contribution is -2.32. The number of aliphatic hydroxyl groups excluding tert-OH is 3. The zero-order chi connectivity index (χ0) is 19.8. The third kappa shape index (κ3) is 3.19. The van der Waals surface area contributed by atoms with Gasteiger partial charge in [0.1, 0.15) is 19.3 Å². The molecule has 0 saturated carbocycles. The molecule has 11 nitrogen and oxygen atoms in total. The van der Waals surface area contributed by atoms with Crippen LogP contribution in [0.2, 0.25) is 0 Å². The quantitative estimate of drug-likeness (QED) is 0.379. The van der Waals surface area contributed by atoms with Crippen LogP contribution in [-0.4, -0.2) is 66.9 Å². The molecule has 2 atom stereocenters. The SMILES string of the molecule is O=c1nc2n(CCC(O)C(O)CO)c3cc4c(cc3nc-2c(=O)[nH]1)OCCO4. The molecule has 3 heterocycles. The number of aromatic nitrogens is 4. The summed E-state index contributed by atoms with van der Waals surface area (Å²) in [4.78, 5) is 34.2. The molecule has 1 aromatic carbocycles. The maximum absolute atomic E-state index is 12.2. The Balaban J connectivity index is 1.91. The molecule has 1 aromatic rings. The second-order valence-corrected chi connectivity index (χ2v) is 6.40. The summed E-state index contributed by atoms with van der Waals surface area (Å²) < 4.78 is 12.7. The van der Waals surface area contributed by atoms with Crippen molar-refractivity contribution in [1.29, 1.82) is 0 Å². The van der Waals surface area contributed by atoms with Crippen molar-refractivity contribution in [3.63, 3.8) is 0 Å². The number of aliphatic hydroxyl groups is 3. The average Bonchev–Trinajstić information content (AvgIpc) is 2.69. The molecule has 0 amide bonds. The lowest BCUT2D eigenvalue weighted by molar-refractivity contribution is -0.0191. The van der Waals surface area contributed by atoms with E-state index in [4.69, 9.17) is 14.6 Å². The third-order valence-corrected chi connectivity index (χ3v) is 4.55. The fraction of sp³-hybridized carbons (Fsp3) is 0.412. The summed E-state index contributed by atoms with van der Waals surface area (Å²) in [5.41, 5.74) is -0.613. The summed E-state index contributed by atoms with van der Waals surface area (Å²) in [6.45, 7) is 0.275. The van der Waals surface area contributed by atoms with E-state index in [1.165, 1.54) is 0 Å². The van der Waals surface area contributed by atoms with Crippen LogP contribution in [-0.2, 0) is 6.54 Å². The van der Waals surface area contributed by atoms with Crippen LogP contribution in [0.15, 0.2) is 21.7 Å². The van der Waals surface area contributed by atoms with E-state index in [9.17, 15) is 19.8 Å². The monoisotopic (exact) mass is 390 g/mol. The number of ether oxygens (including phenoxy) is 2. The van der Waals surface area contributed by atoms with E-state index < -0.39 is 30.1 Å². The lowest BCUT2D eigenvalue weighted by atomic mass is 10.1. The Kier molecular flexibility index (Phi) is 4.71. The Morgan fingerprint density at radius 3 is 2.54 bits per heavy atom. The van der Waals surface area contributed by atoms with Gasteiger partial charge in [0.05, 0.1) is 23.7 Å². The van der Waals surface area contributed by atoms with Crippen molar-refractivity contribution in [2.75, 3.05) is 19.8 Å². The largest absolute Gasteiger partial charge is 0.486 e. The van der Waals surface area contributed by atoms with Crippen LogP contribution in [0.4, 0.5) is 0 Å². The van der Waals surface area contributed by atoms with E-state index in [0.29, 0.717) is 35.7 Å². The molecule has 28 heavy (non-hydrogen) atoms. The highest BCUT2D eigenvalue weighted by Crippen LogP contribution is 2.35. The summed E-state index contributed by atoms with van der Waals surface area (Å²) in [5.74, 6) is 1.01. The molecule has 2 unspecified atom stereocenters. The lowest BCUT2D eigenvalue weighted by Gasteiger charge is -2.22. The highest BCUT2D eigenvalue weighted by Gasteiger charge is 2.23. The Bertz CT molecular complexity index is 1110. The van der Waals surface area contributed by atoms with Crippen LogP contribution in [0.3, 0.4) is 0 Å². The zero-order valence-electron chi connectivity index (χ0n) is 14.7. The van der Waals surface area contributed by atoms with Gasteiger partial charge in [-0.3, -0.25) is 9.78 Å². The predicted octanol–water partition coefficient (Wildman–Crippen LogP) is -1.54. The van der Waals surface area contributed by atoms with Gasteiger partial charge in [0.25, 0.3) is 5.56 Å². The molecule has 3 aliphatic rings. The molecular weight excluding hydrogens is 372 g/mol.